The zero-order valence-corrected chi connectivity index (χ0v) is 13.5. The molecule has 112 valence electrons. The lowest BCUT2D eigenvalue weighted by atomic mass is 9.95. The molecule has 0 radical (unpaired) electrons. The molecule has 1 saturated heterocycles. The topological polar surface area (TPSA) is 15.3 Å². The molecule has 1 heterocycles. The van der Waals surface area contributed by atoms with Gasteiger partial charge in [0.2, 0.25) is 0 Å². The Balaban J connectivity index is 1.85. The van der Waals surface area contributed by atoms with Gasteiger partial charge in [0.05, 0.1) is 0 Å². The first-order chi connectivity index (χ1) is 9.03. The lowest BCUT2D eigenvalue weighted by Crippen LogP contribution is -2.49. The van der Waals surface area contributed by atoms with E-state index in [1.807, 2.05) is 0 Å². The van der Waals surface area contributed by atoms with Crippen LogP contribution in [0.5, 0.6) is 0 Å². The van der Waals surface area contributed by atoms with Crippen LogP contribution in [0.4, 0.5) is 0 Å². The Bertz CT molecular complexity index is 268. The fourth-order valence-electron chi connectivity index (χ4n) is 3.88. The Hall–Kier alpha value is -0.0800. The highest BCUT2D eigenvalue weighted by molar-refractivity contribution is 4.91. The van der Waals surface area contributed by atoms with Crippen LogP contribution >= 0.6 is 0 Å². The zero-order valence-electron chi connectivity index (χ0n) is 13.5. The Kier molecular flexibility index (Phi) is 5.30. The van der Waals surface area contributed by atoms with Crippen molar-refractivity contribution in [1.82, 2.24) is 10.2 Å². The molecule has 0 aromatic rings. The van der Waals surface area contributed by atoms with Crippen molar-refractivity contribution in [3.05, 3.63) is 0 Å². The first-order valence-electron chi connectivity index (χ1n) is 8.54. The molecule has 0 bridgehead atoms. The summed E-state index contributed by atoms with van der Waals surface area (Å²) in [5, 5.41) is 3.75. The van der Waals surface area contributed by atoms with Crippen LogP contribution in [0.3, 0.4) is 0 Å². The van der Waals surface area contributed by atoms with Crippen LogP contribution in [0.25, 0.3) is 0 Å². The van der Waals surface area contributed by atoms with Crippen LogP contribution in [-0.4, -0.2) is 35.6 Å². The molecule has 0 aromatic heterocycles. The van der Waals surface area contributed by atoms with Crippen LogP contribution < -0.4 is 5.32 Å². The Labute approximate surface area is 120 Å². The second-order valence-corrected chi connectivity index (χ2v) is 7.46. The Morgan fingerprint density at radius 1 is 1.16 bits per heavy atom. The molecule has 1 aliphatic heterocycles. The summed E-state index contributed by atoms with van der Waals surface area (Å²) >= 11 is 0. The highest BCUT2D eigenvalue weighted by Gasteiger charge is 2.35. The third-order valence-corrected chi connectivity index (χ3v) is 5.61. The highest BCUT2D eigenvalue weighted by atomic mass is 15.2. The van der Waals surface area contributed by atoms with Gasteiger partial charge in [0.25, 0.3) is 0 Å². The van der Waals surface area contributed by atoms with Gasteiger partial charge in [0.15, 0.2) is 0 Å². The average Bonchev–Trinajstić information content (AvgIpc) is 3.05. The smallest absolute Gasteiger partial charge is 0.0195 e. The van der Waals surface area contributed by atoms with E-state index in [-0.39, 0.29) is 5.54 Å². The summed E-state index contributed by atoms with van der Waals surface area (Å²) in [4.78, 5) is 2.81. The number of nitrogens with zero attached hydrogens (tertiary/aromatic N) is 1. The van der Waals surface area contributed by atoms with E-state index in [1.165, 1.54) is 51.5 Å². The molecular formula is C17H34N2. The molecule has 2 atom stereocenters. The molecule has 1 aliphatic carbocycles. The zero-order chi connectivity index (χ0) is 13.9. The van der Waals surface area contributed by atoms with Gasteiger partial charge in [-0.05, 0) is 65.3 Å². The number of rotatable bonds is 6. The van der Waals surface area contributed by atoms with Crippen molar-refractivity contribution in [3.63, 3.8) is 0 Å². The predicted octanol–water partition coefficient (Wildman–Crippen LogP) is 3.81. The van der Waals surface area contributed by atoms with E-state index in [1.54, 1.807) is 0 Å². The molecule has 19 heavy (non-hydrogen) atoms. The van der Waals surface area contributed by atoms with Crippen molar-refractivity contribution in [2.24, 2.45) is 5.92 Å². The van der Waals surface area contributed by atoms with Gasteiger partial charge < -0.3 is 5.32 Å². The summed E-state index contributed by atoms with van der Waals surface area (Å²) in [6.07, 6.45) is 10.00. The van der Waals surface area contributed by atoms with E-state index in [9.17, 15) is 0 Å². The number of likely N-dealkylation sites (tertiary alicyclic amines) is 1. The lowest BCUT2D eigenvalue weighted by molar-refractivity contribution is 0.135. The van der Waals surface area contributed by atoms with Crippen LogP contribution in [0.2, 0.25) is 0 Å². The fourth-order valence-corrected chi connectivity index (χ4v) is 3.88. The molecule has 2 rings (SSSR count). The molecule has 1 saturated carbocycles. The number of hydrogen-bond donors (Lipinski definition) is 1. The first-order valence-corrected chi connectivity index (χ1v) is 8.54. The third-order valence-electron chi connectivity index (χ3n) is 5.61. The molecule has 0 aromatic carbocycles. The van der Waals surface area contributed by atoms with E-state index >= 15 is 0 Å². The minimum absolute atomic E-state index is 0.289. The largest absolute Gasteiger partial charge is 0.310 e. The molecule has 2 nitrogen and oxygen atoms in total. The van der Waals surface area contributed by atoms with Crippen molar-refractivity contribution in [2.75, 3.05) is 13.1 Å². The Morgan fingerprint density at radius 3 is 2.47 bits per heavy atom. The van der Waals surface area contributed by atoms with E-state index in [4.69, 9.17) is 0 Å². The second kappa shape index (κ2) is 6.58. The molecular weight excluding hydrogens is 232 g/mol. The molecule has 2 unspecified atom stereocenters. The maximum Gasteiger partial charge on any atom is 0.0195 e. The van der Waals surface area contributed by atoms with Gasteiger partial charge >= 0.3 is 0 Å². The van der Waals surface area contributed by atoms with Gasteiger partial charge in [-0.2, -0.15) is 0 Å². The highest BCUT2D eigenvalue weighted by Crippen LogP contribution is 2.36. The predicted molar refractivity (Wildman–Crippen MR) is 83.5 cm³/mol. The summed E-state index contributed by atoms with van der Waals surface area (Å²) in [6.45, 7) is 11.8. The van der Waals surface area contributed by atoms with Gasteiger partial charge in [-0.15, -0.1) is 0 Å². The SMILES string of the molecule is CCC(C)(C)NCC(C)N1CCCC1C1CCCC1. The average molecular weight is 266 g/mol. The van der Waals surface area contributed by atoms with Gasteiger partial charge in [-0.3, -0.25) is 4.90 Å². The fraction of sp³-hybridized carbons (Fsp3) is 1.00. The van der Waals surface area contributed by atoms with Gasteiger partial charge in [0.1, 0.15) is 0 Å². The molecule has 1 N–H and O–H groups in total. The van der Waals surface area contributed by atoms with E-state index in [2.05, 4.69) is 37.9 Å². The van der Waals surface area contributed by atoms with Gasteiger partial charge in [-0.25, -0.2) is 0 Å². The maximum absolute atomic E-state index is 3.75. The van der Waals surface area contributed by atoms with Crippen molar-refractivity contribution < 1.29 is 0 Å². The number of hydrogen-bond acceptors (Lipinski definition) is 2. The van der Waals surface area contributed by atoms with E-state index in [0.29, 0.717) is 6.04 Å². The lowest BCUT2D eigenvalue weighted by Gasteiger charge is -2.36. The summed E-state index contributed by atoms with van der Waals surface area (Å²) in [5.74, 6) is 1.00. The molecule has 2 heteroatoms. The monoisotopic (exact) mass is 266 g/mol. The van der Waals surface area contributed by atoms with Crippen molar-refractivity contribution in [1.29, 1.82) is 0 Å². The third kappa shape index (κ3) is 3.95. The van der Waals surface area contributed by atoms with Crippen LogP contribution in [0.1, 0.15) is 72.6 Å². The van der Waals surface area contributed by atoms with Crippen LogP contribution in [0.15, 0.2) is 0 Å². The molecule has 0 spiro atoms. The maximum atomic E-state index is 3.75. The minimum Gasteiger partial charge on any atom is -0.310 e. The minimum atomic E-state index is 0.289. The second-order valence-electron chi connectivity index (χ2n) is 7.46. The molecule has 2 fully saturated rings. The van der Waals surface area contributed by atoms with Crippen molar-refractivity contribution >= 4 is 0 Å². The standard InChI is InChI=1S/C17H34N2/c1-5-17(3,4)18-13-14(2)19-12-8-11-16(19)15-9-6-7-10-15/h14-16,18H,5-13H2,1-4H3. The molecule has 0 amide bonds. The van der Waals surface area contributed by atoms with Crippen molar-refractivity contribution in [3.8, 4) is 0 Å². The Morgan fingerprint density at radius 2 is 1.84 bits per heavy atom. The van der Waals surface area contributed by atoms with Crippen molar-refractivity contribution in [2.45, 2.75) is 90.3 Å². The van der Waals surface area contributed by atoms with E-state index < -0.39 is 0 Å². The summed E-state index contributed by atoms with van der Waals surface area (Å²) < 4.78 is 0. The summed E-state index contributed by atoms with van der Waals surface area (Å²) in [7, 11) is 0. The van der Waals surface area contributed by atoms with E-state index in [0.717, 1.165) is 18.5 Å². The van der Waals surface area contributed by atoms with Crippen LogP contribution in [-0.2, 0) is 0 Å². The first kappa shape index (κ1) is 15.3. The quantitative estimate of drug-likeness (QED) is 0.786. The van der Waals surface area contributed by atoms with Gasteiger partial charge in [0, 0.05) is 24.2 Å². The number of nitrogens with one attached hydrogen (secondary N) is 1. The molecule has 2 aliphatic rings. The summed E-state index contributed by atoms with van der Waals surface area (Å²) in [6, 6.07) is 1.59. The summed E-state index contributed by atoms with van der Waals surface area (Å²) in [5.41, 5.74) is 0.289. The normalized spacial score (nSPS) is 28.1. The van der Waals surface area contributed by atoms with Crippen LogP contribution in [0, 0.1) is 5.92 Å². The van der Waals surface area contributed by atoms with Gasteiger partial charge in [-0.1, -0.05) is 19.8 Å².